The van der Waals surface area contributed by atoms with Gasteiger partial charge in [0.25, 0.3) is 0 Å². The van der Waals surface area contributed by atoms with Crippen LogP contribution in [0.15, 0.2) is 121 Å². The first-order valence-electron chi connectivity index (χ1n) is 12.6. The Bertz CT molecular complexity index is 1200. The van der Waals surface area contributed by atoms with Crippen molar-refractivity contribution in [2.45, 2.75) is 24.4 Å². The van der Waals surface area contributed by atoms with Crippen LogP contribution >= 0.6 is 0 Å². The van der Waals surface area contributed by atoms with Gasteiger partial charge in [-0.15, -0.1) is 0 Å². The number of carbonyl (C=O) groups excluding carboxylic acids is 4. The summed E-state index contributed by atoms with van der Waals surface area (Å²) in [5, 5.41) is 76.3. The summed E-state index contributed by atoms with van der Waals surface area (Å²) in [6.45, 7) is 0. The van der Waals surface area contributed by atoms with Gasteiger partial charge < -0.3 is 60.0 Å². The van der Waals surface area contributed by atoms with Crippen LogP contribution in [-0.4, -0.2) is 71.6 Å². The average molecular weight is 812 g/mol. The van der Waals surface area contributed by atoms with E-state index in [4.69, 9.17) is 20.4 Å². The quantitative estimate of drug-likeness (QED) is 0.135. The average Bonchev–Trinajstić information content (AvgIpc) is 3.05. The Labute approximate surface area is 278 Å². The minimum atomic E-state index is -1.52. The Morgan fingerprint density at radius 3 is 0.600 bits per heavy atom. The third-order valence-electron chi connectivity index (χ3n) is 5.35. The summed E-state index contributed by atoms with van der Waals surface area (Å²) in [5.41, 5.74) is 1.36. The third-order valence-corrected chi connectivity index (χ3v) is 5.35. The summed E-state index contributed by atoms with van der Waals surface area (Å²) >= 11 is 0. The van der Waals surface area contributed by atoms with Crippen LogP contribution in [0, 0.1) is 0 Å². The molecule has 0 fully saturated rings. The molecule has 4 N–H and O–H groups in total. The molecule has 0 saturated carbocycles. The molecule has 4 aromatic carbocycles. The second kappa shape index (κ2) is 22.1. The predicted molar refractivity (Wildman–Crippen MR) is 151 cm³/mol. The van der Waals surface area contributed by atoms with Crippen molar-refractivity contribution in [1.29, 1.82) is 0 Å². The molecule has 0 amide bonds. The van der Waals surface area contributed by atoms with E-state index in [9.17, 15) is 39.6 Å². The second-order valence-corrected chi connectivity index (χ2v) is 8.53. The Morgan fingerprint density at radius 1 is 0.356 bits per heavy atom. The van der Waals surface area contributed by atoms with E-state index in [1.165, 1.54) is 48.5 Å². The molecule has 0 spiro atoms. The van der Waals surface area contributed by atoms with Crippen molar-refractivity contribution in [3.8, 4) is 0 Å². The maximum atomic E-state index is 10.1. The number of hydrogen-bond acceptors (Lipinski definition) is 12. The molecule has 4 unspecified atom stereocenters. The van der Waals surface area contributed by atoms with Gasteiger partial charge in [-0.05, 0) is 22.3 Å². The maximum Gasteiger partial charge on any atom is 0.118 e. The van der Waals surface area contributed by atoms with Crippen molar-refractivity contribution in [3.63, 3.8) is 0 Å². The van der Waals surface area contributed by atoms with E-state index in [2.05, 4.69) is 0 Å². The summed E-state index contributed by atoms with van der Waals surface area (Å²) in [5.74, 6) is -5.90. The van der Waals surface area contributed by atoms with Crippen molar-refractivity contribution < 1.29 is 60.0 Å². The van der Waals surface area contributed by atoms with Crippen molar-refractivity contribution in [1.82, 2.24) is 0 Å². The van der Waals surface area contributed by atoms with E-state index in [0.29, 0.717) is 22.3 Å². The van der Waals surface area contributed by atoms with Crippen molar-refractivity contribution in [3.05, 3.63) is 144 Å². The molecule has 0 aliphatic carbocycles. The molecule has 0 bridgehead atoms. The SMILES string of the molecule is O=C([O-])C(O)c1ccccc1.O=C([O-])C(O)c1ccccc1.O=C([O-])C(O)c1ccccc1.O=C([O-])C(O)c1ccccc1.[Pb]. The van der Waals surface area contributed by atoms with Gasteiger partial charge in [0, 0.05) is 27.3 Å². The summed E-state index contributed by atoms with van der Waals surface area (Å²) in [6.07, 6.45) is -6.07. The molecule has 236 valence electrons. The number of benzene rings is 4. The van der Waals surface area contributed by atoms with Crippen molar-refractivity contribution in [2.75, 3.05) is 0 Å². The number of aliphatic carboxylic acids is 4. The van der Waals surface area contributed by atoms with E-state index in [-0.39, 0.29) is 27.3 Å². The molecule has 0 saturated heterocycles. The Balaban J connectivity index is 0.000000569. The molecular weight excluding hydrogens is 784 g/mol. The van der Waals surface area contributed by atoms with E-state index in [0.717, 1.165) is 0 Å². The topological polar surface area (TPSA) is 241 Å². The minimum absolute atomic E-state index is 0. The fraction of sp³-hybridized carbons (Fsp3) is 0.125. The number of carbonyl (C=O) groups is 4. The van der Waals surface area contributed by atoms with Crippen LogP contribution in [0.3, 0.4) is 0 Å². The molecule has 4 rings (SSSR count). The summed E-state index contributed by atoms with van der Waals surface area (Å²) < 4.78 is 0. The molecule has 0 heterocycles. The third kappa shape index (κ3) is 15.7. The molecule has 0 aromatic heterocycles. The van der Waals surface area contributed by atoms with Gasteiger partial charge in [0.1, 0.15) is 24.4 Å². The number of carboxylic acid groups (broad SMARTS) is 4. The van der Waals surface area contributed by atoms with Crippen LogP contribution in [0.4, 0.5) is 0 Å². The zero-order chi connectivity index (χ0) is 33.1. The smallest absolute Gasteiger partial charge is 0.118 e. The van der Waals surface area contributed by atoms with Crippen molar-refractivity contribution in [2.24, 2.45) is 0 Å². The molecule has 4 radical (unpaired) electrons. The summed E-state index contributed by atoms with van der Waals surface area (Å²) in [6, 6.07) is 32.4. The van der Waals surface area contributed by atoms with Gasteiger partial charge in [0.2, 0.25) is 0 Å². The zero-order valence-corrected chi connectivity index (χ0v) is 27.3. The predicted octanol–water partition coefficient (Wildman–Crippen LogP) is -2.50. The van der Waals surface area contributed by atoms with Gasteiger partial charge in [0.05, 0.1) is 23.9 Å². The summed E-state index contributed by atoms with van der Waals surface area (Å²) in [7, 11) is 0. The van der Waals surface area contributed by atoms with Crippen LogP contribution in [0.1, 0.15) is 46.7 Å². The van der Waals surface area contributed by atoms with E-state index >= 15 is 0 Å². The van der Waals surface area contributed by atoms with E-state index in [1.54, 1.807) is 72.8 Å². The fourth-order valence-electron chi connectivity index (χ4n) is 3.09. The van der Waals surface area contributed by atoms with Crippen LogP contribution in [0.25, 0.3) is 0 Å². The number of aliphatic hydroxyl groups is 4. The minimum Gasteiger partial charge on any atom is -0.547 e. The van der Waals surface area contributed by atoms with Crippen LogP contribution < -0.4 is 20.4 Å². The molecule has 4 atom stereocenters. The normalized spacial score (nSPS) is 12.2. The Kier molecular flexibility index (Phi) is 19.9. The number of hydrogen-bond donors (Lipinski definition) is 4. The van der Waals surface area contributed by atoms with Crippen LogP contribution in [-0.2, 0) is 19.2 Å². The molecule has 0 aliphatic heterocycles. The molecule has 4 aromatic rings. The van der Waals surface area contributed by atoms with Crippen molar-refractivity contribution >= 4 is 51.2 Å². The number of carboxylic acids is 4. The largest absolute Gasteiger partial charge is 0.547 e. The summed E-state index contributed by atoms with van der Waals surface area (Å²) in [4.78, 5) is 40.6. The zero-order valence-electron chi connectivity index (χ0n) is 23.4. The van der Waals surface area contributed by atoms with Gasteiger partial charge in [-0.2, -0.15) is 0 Å². The van der Waals surface area contributed by atoms with E-state index in [1.807, 2.05) is 0 Å². The molecule has 13 heteroatoms. The maximum absolute atomic E-state index is 10.1. The Hall–Kier alpha value is -4.48. The van der Waals surface area contributed by atoms with Gasteiger partial charge in [-0.25, -0.2) is 0 Å². The van der Waals surface area contributed by atoms with E-state index < -0.39 is 48.3 Å². The second-order valence-electron chi connectivity index (χ2n) is 8.53. The fourth-order valence-corrected chi connectivity index (χ4v) is 3.09. The number of rotatable bonds is 8. The molecular formula is C32H28O12Pb-4. The van der Waals surface area contributed by atoms with Gasteiger partial charge >= 0.3 is 0 Å². The van der Waals surface area contributed by atoms with Gasteiger partial charge in [0.15, 0.2) is 0 Å². The monoisotopic (exact) mass is 812 g/mol. The Morgan fingerprint density at radius 2 is 0.489 bits per heavy atom. The molecule has 45 heavy (non-hydrogen) atoms. The molecule has 0 aliphatic rings. The standard InChI is InChI=1S/4C8H8O3.Pb/c4*9-7(8(10)11)6-4-2-1-3-5-6;/h4*1-5,7,9H,(H,10,11);/p-4. The van der Waals surface area contributed by atoms with Crippen LogP contribution in [0.5, 0.6) is 0 Å². The first kappa shape index (κ1) is 40.5. The van der Waals surface area contributed by atoms with Gasteiger partial charge in [-0.3, -0.25) is 0 Å². The number of aliphatic hydroxyl groups excluding tert-OH is 4. The first-order chi connectivity index (χ1) is 20.9. The molecule has 12 nitrogen and oxygen atoms in total. The van der Waals surface area contributed by atoms with Crippen LogP contribution in [0.2, 0.25) is 0 Å². The first-order valence-corrected chi connectivity index (χ1v) is 12.6. The van der Waals surface area contributed by atoms with Gasteiger partial charge in [-0.1, -0.05) is 121 Å².